The van der Waals surface area contributed by atoms with Gasteiger partial charge in [-0.05, 0) is 24.6 Å². The number of esters is 1. The average molecular weight is 280 g/mol. The number of hydrogen-bond donors (Lipinski definition) is 2. The van der Waals surface area contributed by atoms with Crippen molar-refractivity contribution in [2.24, 2.45) is 5.73 Å². The van der Waals surface area contributed by atoms with Crippen LogP contribution in [-0.2, 0) is 20.9 Å². The van der Waals surface area contributed by atoms with E-state index in [1.54, 1.807) is 31.4 Å². The van der Waals surface area contributed by atoms with E-state index in [-0.39, 0.29) is 0 Å². The molecule has 0 radical (unpaired) electrons. The molecule has 7 nitrogen and oxygen atoms in total. The van der Waals surface area contributed by atoms with Gasteiger partial charge in [0, 0.05) is 7.11 Å². The third kappa shape index (κ3) is 4.69. The van der Waals surface area contributed by atoms with Crippen LogP contribution in [-0.4, -0.2) is 31.1 Å². The molecule has 0 fully saturated rings. The van der Waals surface area contributed by atoms with E-state index in [9.17, 15) is 14.4 Å². The van der Waals surface area contributed by atoms with Crippen LogP contribution in [0.1, 0.15) is 22.8 Å². The van der Waals surface area contributed by atoms with E-state index in [0.717, 1.165) is 5.56 Å². The van der Waals surface area contributed by atoms with Crippen LogP contribution in [0, 0.1) is 0 Å². The molecular weight excluding hydrogens is 264 g/mol. The molecule has 0 aliphatic rings. The van der Waals surface area contributed by atoms with E-state index in [2.05, 4.69) is 0 Å². The Balaban J connectivity index is 2.61. The number of hydrogen-bond acceptors (Lipinski definition) is 5. The Morgan fingerprint density at radius 2 is 1.85 bits per heavy atom. The molecule has 7 heteroatoms. The van der Waals surface area contributed by atoms with Crippen LogP contribution in [0.4, 0.5) is 4.79 Å². The monoisotopic (exact) mass is 280 g/mol. The molecule has 1 atom stereocenters. The SMILES string of the molecule is COCc1ccc(C(=O)O[C@@H](C)C(=O)NC(N)=O)cc1. The van der Waals surface area contributed by atoms with Gasteiger partial charge in [0.1, 0.15) is 0 Å². The van der Waals surface area contributed by atoms with Gasteiger partial charge in [0.15, 0.2) is 6.10 Å². The van der Waals surface area contributed by atoms with Crippen molar-refractivity contribution in [3.8, 4) is 0 Å². The molecule has 20 heavy (non-hydrogen) atoms. The molecule has 0 saturated carbocycles. The summed E-state index contributed by atoms with van der Waals surface area (Å²) >= 11 is 0. The van der Waals surface area contributed by atoms with Crippen molar-refractivity contribution in [3.63, 3.8) is 0 Å². The third-order valence-corrected chi connectivity index (χ3v) is 2.40. The number of primary amides is 1. The van der Waals surface area contributed by atoms with E-state index in [0.29, 0.717) is 12.2 Å². The molecule has 3 amide bonds. The van der Waals surface area contributed by atoms with Crippen molar-refractivity contribution >= 4 is 17.9 Å². The van der Waals surface area contributed by atoms with Gasteiger partial charge in [0.05, 0.1) is 12.2 Å². The molecule has 0 aliphatic carbocycles. The summed E-state index contributed by atoms with van der Waals surface area (Å²) in [6, 6.07) is 5.56. The van der Waals surface area contributed by atoms with Crippen molar-refractivity contribution in [2.45, 2.75) is 19.6 Å². The number of benzene rings is 1. The van der Waals surface area contributed by atoms with Crippen molar-refractivity contribution in [2.75, 3.05) is 7.11 Å². The number of imide groups is 1. The summed E-state index contributed by atoms with van der Waals surface area (Å²) in [4.78, 5) is 33.6. The molecule has 0 bridgehead atoms. The minimum absolute atomic E-state index is 0.295. The van der Waals surface area contributed by atoms with Gasteiger partial charge < -0.3 is 15.2 Å². The summed E-state index contributed by atoms with van der Waals surface area (Å²) in [5.74, 6) is -1.44. The number of urea groups is 1. The number of nitrogens with one attached hydrogen (secondary N) is 1. The molecule has 0 saturated heterocycles. The van der Waals surface area contributed by atoms with Crippen LogP contribution in [0.3, 0.4) is 0 Å². The quantitative estimate of drug-likeness (QED) is 0.767. The van der Waals surface area contributed by atoms with Gasteiger partial charge in [-0.1, -0.05) is 12.1 Å². The zero-order valence-electron chi connectivity index (χ0n) is 11.2. The summed E-state index contributed by atoms with van der Waals surface area (Å²) in [5.41, 5.74) is 6.00. The van der Waals surface area contributed by atoms with Gasteiger partial charge in [0.2, 0.25) is 0 Å². The van der Waals surface area contributed by atoms with Gasteiger partial charge in [-0.15, -0.1) is 0 Å². The highest BCUT2D eigenvalue weighted by Crippen LogP contribution is 2.08. The van der Waals surface area contributed by atoms with E-state index in [1.165, 1.54) is 6.92 Å². The van der Waals surface area contributed by atoms with Crippen LogP contribution >= 0.6 is 0 Å². The Morgan fingerprint density at radius 3 is 2.35 bits per heavy atom. The van der Waals surface area contributed by atoms with Crippen molar-refractivity contribution < 1.29 is 23.9 Å². The Morgan fingerprint density at radius 1 is 1.25 bits per heavy atom. The van der Waals surface area contributed by atoms with Gasteiger partial charge in [-0.2, -0.15) is 0 Å². The highest BCUT2D eigenvalue weighted by molar-refractivity contribution is 5.98. The summed E-state index contributed by atoms with van der Waals surface area (Å²) in [7, 11) is 1.57. The maximum absolute atomic E-state index is 11.8. The summed E-state index contributed by atoms with van der Waals surface area (Å²) < 4.78 is 9.86. The number of carbonyl (C=O) groups is 3. The number of amides is 3. The normalized spacial score (nSPS) is 11.5. The Bertz CT molecular complexity index is 498. The van der Waals surface area contributed by atoms with E-state index in [1.807, 2.05) is 5.32 Å². The minimum Gasteiger partial charge on any atom is -0.449 e. The van der Waals surface area contributed by atoms with Gasteiger partial charge >= 0.3 is 12.0 Å². The standard InChI is InChI=1S/C13H16N2O5/c1-8(11(16)15-13(14)18)20-12(17)10-5-3-9(4-6-10)7-19-2/h3-6,8H,7H2,1-2H3,(H3,14,15,16,18)/t8-/m0/s1. The number of methoxy groups -OCH3 is 1. The summed E-state index contributed by atoms with van der Waals surface area (Å²) in [6.07, 6.45) is -1.12. The molecule has 1 aromatic rings. The fraction of sp³-hybridized carbons (Fsp3) is 0.308. The first-order chi connectivity index (χ1) is 9.43. The van der Waals surface area contributed by atoms with Gasteiger partial charge in [-0.3, -0.25) is 10.1 Å². The van der Waals surface area contributed by atoms with Gasteiger partial charge in [0.25, 0.3) is 5.91 Å². The second-order valence-electron chi connectivity index (χ2n) is 4.03. The van der Waals surface area contributed by atoms with Crippen LogP contribution < -0.4 is 11.1 Å². The lowest BCUT2D eigenvalue weighted by Gasteiger charge is -2.12. The molecule has 0 spiro atoms. The summed E-state index contributed by atoms with van der Waals surface area (Å²) in [5, 5.41) is 1.83. The molecule has 0 aliphatic heterocycles. The number of nitrogens with two attached hydrogens (primary N) is 1. The van der Waals surface area contributed by atoms with E-state index in [4.69, 9.17) is 15.2 Å². The molecule has 108 valence electrons. The van der Waals surface area contributed by atoms with Crippen LogP contribution in [0.25, 0.3) is 0 Å². The van der Waals surface area contributed by atoms with E-state index < -0.39 is 24.0 Å². The Kier molecular flexibility index (Phi) is 5.67. The maximum Gasteiger partial charge on any atom is 0.338 e. The Labute approximate surface area is 116 Å². The smallest absolute Gasteiger partial charge is 0.338 e. The molecule has 0 unspecified atom stereocenters. The fourth-order valence-corrected chi connectivity index (χ4v) is 1.41. The molecule has 1 rings (SSSR count). The zero-order chi connectivity index (χ0) is 15.1. The van der Waals surface area contributed by atoms with Crippen LogP contribution in [0.2, 0.25) is 0 Å². The van der Waals surface area contributed by atoms with E-state index >= 15 is 0 Å². The molecular formula is C13H16N2O5. The molecule has 1 aromatic carbocycles. The topological polar surface area (TPSA) is 108 Å². The fourth-order valence-electron chi connectivity index (χ4n) is 1.41. The van der Waals surface area contributed by atoms with Crippen molar-refractivity contribution in [3.05, 3.63) is 35.4 Å². The lowest BCUT2D eigenvalue weighted by atomic mass is 10.1. The first kappa shape index (κ1) is 15.6. The van der Waals surface area contributed by atoms with Crippen molar-refractivity contribution in [1.29, 1.82) is 0 Å². The first-order valence-electron chi connectivity index (χ1n) is 5.83. The highest BCUT2D eigenvalue weighted by atomic mass is 16.5. The Hall–Kier alpha value is -2.41. The average Bonchev–Trinajstić information content (AvgIpc) is 2.39. The van der Waals surface area contributed by atoms with Crippen LogP contribution in [0.5, 0.6) is 0 Å². The highest BCUT2D eigenvalue weighted by Gasteiger charge is 2.19. The largest absolute Gasteiger partial charge is 0.449 e. The number of carbonyl (C=O) groups excluding carboxylic acids is 3. The van der Waals surface area contributed by atoms with Gasteiger partial charge in [-0.25, -0.2) is 9.59 Å². The second kappa shape index (κ2) is 7.25. The predicted molar refractivity (Wildman–Crippen MR) is 69.8 cm³/mol. The third-order valence-electron chi connectivity index (χ3n) is 2.40. The number of rotatable bonds is 5. The van der Waals surface area contributed by atoms with Crippen LogP contribution in [0.15, 0.2) is 24.3 Å². The second-order valence-corrected chi connectivity index (χ2v) is 4.03. The van der Waals surface area contributed by atoms with Crippen molar-refractivity contribution in [1.82, 2.24) is 5.32 Å². The zero-order valence-corrected chi connectivity index (χ0v) is 11.2. The lowest BCUT2D eigenvalue weighted by Crippen LogP contribution is -2.42. The molecule has 0 aromatic heterocycles. The maximum atomic E-state index is 11.8. The lowest BCUT2D eigenvalue weighted by molar-refractivity contribution is -0.127. The molecule has 0 heterocycles. The number of ether oxygens (including phenoxy) is 2. The predicted octanol–water partition coefficient (Wildman–Crippen LogP) is 0.573. The molecule has 3 N–H and O–H groups in total. The first-order valence-corrected chi connectivity index (χ1v) is 5.83. The minimum atomic E-state index is -1.12. The summed E-state index contributed by atoms with van der Waals surface area (Å²) in [6.45, 7) is 1.78.